The van der Waals surface area contributed by atoms with Crippen molar-refractivity contribution in [2.75, 3.05) is 4.90 Å². The van der Waals surface area contributed by atoms with Crippen molar-refractivity contribution in [1.29, 1.82) is 5.26 Å². The number of allylic oxidation sites excluding steroid dienone is 2. The molecule has 8 aromatic carbocycles. The van der Waals surface area contributed by atoms with E-state index in [0.717, 1.165) is 23.1 Å². The van der Waals surface area contributed by atoms with Crippen molar-refractivity contribution in [3.63, 3.8) is 0 Å². The lowest BCUT2D eigenvalue weighted by Crippen LogP contribution is -2.27. The fraction of sp³-hybridized carbons (Fsp3) is 0.0408. The maximum Gasteiger partial charge on any atom is 0.0992 e. The Balaban J connectivity index is 1.03. The molecule has 9 aromatic rings. The van der Waals surface area contributed by atoms with E-state index in [0.29, 0.717) is 5.56 Å². The van der Waals surface area contributed by atoms with Gasteiger partial charge in [-0.2, -0.15) is 5.26 Å². The molecule has 1 aromatic heterocycles. The minimum Gasteiger partial charge on any atom is -0.333 e. The van der Waals surface area contributed by atoms with E-state index in [-0.39, 0.29) is 6.04 Å². The molecule has 0 saturated heterocycles. The molecule has 1 atom stereocenters. The Hall–Kier alpha value is -6.89. The number of rotatable bonds is 3. The lowest BCUT2D eigenvalue weighted by molar-refractivity contribution is 0.832. The van der Waals surface area contributed by atoms with E-state index in [4.69, 9.17) is 0 Å². The van der Waals surface area contributed by atoms with Crippen LogP contribution >= 0.6 is 0 Å². The predicted molar refractivity (Wildman–Crippen MR) is 217 cm³/mol. The van der Waals surface area contributed by atoms with Crippen LogP contribution in [-0.2, 0) is 0 Å². The van der Waals surface area contributed by atoms with E-state index in [9.17, 15) is 5.26 Å². The number of para-hydroxylation sites is 2. The third kappa shape index (κ3) is 4.13. The standard InChI is InChI=1S/C49H31N3/c50-30-31-10-9-11-34(26-31)51-46-18-7-5-16-41(46)44-27-32(20-24-48(44)51)33-21-25-49-45(28-33)42-17-6-8-19-47(42)52(49)35-22-23-40-38-14-2-1-12-36(38)37-13-3-4-15-39(37)43(40)29-35/h1-24,26-29,49H,25H2. The molecule has 0 fully saturated rings. The second-order valence-corrected chi connectivity index (χ2v) is 14.0. The summed E-state index contributed by atoms with van der Waals surface area (Å²) in [5.41, 5.74) is 11.5. The van der Waals surface area contributed by atoms with E-state index in [2.05, 4.69) is 167 Å². The zero-order valence-corrected chi connectivity index (χ0v) is 28.3. The normalized spacial score (nSPS) is 15.2. The number of benzene rings is 8. The van der Waals surface area contributed by atoms with Crippen molar-refractivity contribution in [3.8, 4) is 11.8 Å². The first kappa shape index (κ1) is 28.9. The van der Waals surface area contributed by atoms with Gasteiger partial charge in [0, 0.05) is 33.4 Å². The van der Waals surface area contributed by atoms with E-state index in [1.165, 1.54) is 76.7 Å². The molecule has 1 unspecified atom stereocenters. The highest BCUT2D eigenvalue weighted by atomic mass is 15.2. The van der Waals surface area contributed by atoms with Crippen molar-refractivity contribution >= 4 is 76.6 Å². The van der Waals surface area contributed by atoms with Crippen molar-refractivity contribution in [2.45, 2.75) is 12.5 Å². The summed E-state index contributed by atoms with van der Waals surface area (Å²) < 4.78 is 2.28. The van der Waals surface area contributed by atoms with Gasteiger partial charge in [-0.1, -0.05) is 109 Å². The van der Waals surface area contributed by atoms with Gasteiger partial charge in [-0.25, -0.2) is 0 Å². The van der Waals surface area contributed by atoms with Crippen LogP contribution in [0.2, 0.25) is 0 Å². The summed E-state index contributed by atoms with van der Waals surface area (Å²) in [5, 5.41) is 19.8. The molecule has 2 heterocycles. The quantitative estimate of drug-likeness (QED) is 0.177. The maximum absolute atomic E-state index is 9.62. The fourth-order valence-corrected chi connectivity index (χ4v) is 9.00. The van der Waals surface area contributed by atoms with Crippen LogP contribution < -0.4 is 4.90 Å². The summed E-state index contributed by atoms with van der Waals surface area (Å²) in [6.45, 7) is 0. The van der Waals surface area contributed by atoms with Gasteiger partial charge in [0.1, 0.15) is 0 Å². The molecule has 0 amide bonds. The topological polar surface area (TPSA) is 32.0 Å². The molecule has 1 aliphatic carbocycles. The van der Waals surface area contributed by atoms with E-state index >= 15 is 0 Å². The molecular weight excluding hydrogens is 631 g/mol. The average molecular weight is 662 g/mol. The summed E-state index contributed by atoms with van der Waals surface area (Å²) in [4.78, 5) is 2.56. The average Bonchev–Trinajstić information content (AvgIpc) is 3.73. The van der Waals surface area contributed by atoms with Crippen molar-refractivity contribution < 1.29 is 0 Å². The van der Waals surface area contributed by atoms with Crippen LogP contribution in [-0.4, -0.2) is 10.6 Å². The second-order valence-electron chi connectivity index (χ2n) is 14.0. The fourth-order valence-electron chi connectivity index (χ4n) is 9.00. The van der Waals surface area contributed by atoms with Gasteiger partial charge in [0.15, 0.2) is 0 Å². The van der Waals surface area contributed by atoms with Crippen molar-refractivity contribution in [3.05, 3.63) is 187 Å². The minimum absolute atomic E-state index is 0.211. The smallest absolute Gasteiger partial charge is 0.0992 e. The van der Waals surface area contributed by atoms with E-state index in [1.54, 1.807) is 0 Å². The van der Waals surface area contributed by atoms with Crippen LogP contribution in [0.5, 0.6) is 0 Å². The Labute approximate surface area is 301 Å². The van der Waals surface area contributed by atoms with Gasteiger partial charge >= 0.3 is 0 Å². The Morgan fingerprint density at radius 1 is 0.519 bits per heavy atom. The molecule has 11 rings (SSSR count). The van der Waals surface area contributed by atoms with Crippen LogP contribution in [0.3, 0.4) is 0 Å². The molecular formula is C49H31N3. The number of anilines is 2. The van der Waals surface area contributed by atoms with Gasteiger partial charge in [0.2, 0.25) is 0 Å². The highest BCUT2D eigenvalue weighted by Gasteiger charge is 2.36. The highest BCUT2D eigenvalue weighted by Crippen LogP contribution is 2.50. The van der Waals surface area contributed by atoms with Crippen LogP contribution in [0.15, 0.2) is 170 Å². The predicted octanol–water partition coefficient (Wildman–Crippen LogP) is 12.5. The van der Waals surface area contributed by atoms with Gasteiger partial charge in [0.05, 0.1) is 28.7 Å². The lowest BCUT2D eigenvalue weighted by atomic mass is 9.88. The first-order valence-electron chi connectivity index (χ1n) is 17.9. The van der Waals surface area contributed by atoms with Gasteiger partial charge in [-0.3, -0.25) is 0 Å². The first-order valence-corrected chi connectivity index (χ1v) is 17.9. The SMILES string of the molecule is N#Cc1cccc(-n2c3ccccc3c3cc(C4=CCC5C(=C4)c4ccccc4N5c4ccc5c6ccccc6c6ccccc6c5c4)ccc32)c1. The lowest BCUT2D eigenvalue weighted by Gasteiger charge is -2.30. The van der Waals surface area contributed by atoms with E-state index < -0.39 is 0 Å². The Bertz CT molecular complexity index is 3040. The molecule has 0 bridgehead atoms. The molecule has 2 aliphatic rings. The van der Waals surface area contributed by atoms with Crippen LogP contribution in [0.4, 0.5) is 11.4 Å². The summed E-state index contributed by atoms with van der Waals surface area (Å²) in [6, 6.07) is 59.4. The minimum atomic E-state index is 0.211. The van der Waals surface area contributed by atoms with Crippen molar-refractivity contribution in [2.24, 2.45) is 0 Å². The molecule has 3 nitrogen and oxygen atoms in total. The first-order chi connectivity index (χ1) is 25.7. The number of nitriles is 1. The maximum atomic E-state index is 9.62. The van der Waals surface area contributed by atoms with E-state index in [1.807, 2.05) is 18.2 Å². The zero-order chi connectivity index (χ0) is 34.3. The van der Waals surface area contributed by atoms with Crippen molar-refractivity contribution in [1.82, 2.24) is 4.57 Å². The number of hydrogen-bond acceptors (Lipinski definition) is 2. The summed E-state index contributed by atoms with van der Waals surface area (Å²) >= 11 is 0. The third-order valence-corrected chi connectivity index (χ3v) is 11.3. The molecule has 1 aliphatic heterocycles. The monoisotopic (exact) mass is 661 g/mol. The molecule has 242 valence electrons. The van der Waals surface area contributed by atoms with Gasteiger partial charge in [-0.05, 0) is 116 Å². The molecule has 0 saturated carbocycles. The Kier molecular flexibility index (Phi) is 6.14. The molecule has 0 N–H and O–H groups in total. The van der Waals surface area contributed by atoms with Gasteiger partial charge in [-0.15, -0.1) is 0 Å². The van der Waals surface area contributed by atoms with Crippen LogP contribution in [0.1, 0.15) is 23.1 Å². The number of fused-ring (bicyclic) bond motifs is 12. The largest absolute Gasteiger partial charge is 0.333 e. The van der Waals surface area contributed by atoms with Crippen LogP contribution in [0, 0.1) is 11.3 Å². The number of hydrogen-bond donors (Lipinski definition) is 0. The second kappa shape index (κ2) is 11.1. The summed E-state index contributed by atoms with van der Waals surface area (Å²) in [6.07, 6.45) is 5.76. The molecule has 0 spiro atoms. The number of nitrogens with zero attached hydrogens (tertiary/aromatic N) is 3. The Morgan fingerprint density at radius 2 is 1.19 bits per heavy atom. The van der Waals surface area contributed by atoms with Gasteiger partial charge in [0.25, 0.3) is 0 Å². The Morgan fingerprint density at radius 3 is 1.98 bits per heavy atom. The molecule has 52 heavy (non-hydrogen) atoms. The molecule has 0 radical (unpaired) electrons. The summed E-state index contributed by atoms with van der Waals surface area (Å²) in [5.74, 6) is 0. The third-order valence-electron chi connectivity index (χ3n) is 11.3. The summed E-state index contributed by atoms with van der Waals surface area (Å²) in [7, 11) is 0. The zero-order valence-electron chi connectivity index (χ0n) is 28.3. The molecule has 3 heteroatoms. The number of aromatic nitrogens is 1. The van der Waals surface area contributed by atoms with Crippen LogP contribution in [0.25, 0.3) is 71.0 Å². The highest BCUT2D eigenvalue weighted by molar-refractivity contribution is 6.26. The van der Waals surface area contributed by atoms with Gasteiger partial charge < -0.3 is 9.47 Å².